The smallest absolute Gasteiger partial charge is 0.325 e. The number of nitrogens with zero attached hydrogens (tertiary/aromatic N) is 5. The number of hydrogen-bond acceptors (Lipinski definition) is 6. The molecule has 4 rings (SSSR count). The van der Waals surface area contributed by atoms with Gasteiger partial charge in [0.05, 0.1) is 0 Å². The molecule has 0 aromatic heterocycles. The number of imide groups is 1. The van der Waals surface area contributed by atoms with Gasteiger partial charge in [-0.15, -0.1) is 0 Å². The van der Waals surface area contributed by atoms with Crippen molar-refractivity contribution in [2.75, 3.05) is 40.3 Å². The van der Waals surface area contributed by atoms with Gasteiger partial charge in [-0.25, -0.2) is 14.2 Å². The summed E-state index contributed by atoms with van der Waals surface area (Å²) in [5.41, 5.74) is 0.881. The summed E-state index contributed by atoms with van der Waals surface area (Å²) in [5.74, 6) is 0.0731. The highest BCUT2D eigenvalue weighted by Crippen LogP contribution is 2.27. The number of benzene rings is 1. The molecule has 0 aliphatic carbocycles. The summed E-state index contributed by atoms with van der Waals surface area (Å²) >= 11 is 0. The summed E-state index contributed by atoms with van der Waals surface area (Å²) in [7, 11) is 3.72. The van der Waals surface area contributed by atoms with Crippen LogP contribution in [0, 0.1) is 5.82 Å². The fourth-order valence-electron chi connectivity index (χ4n) is 3.74. The Hall–Kier alpha value is -2.68. The number of carbonyl (C=O) groups is 2. The summed E-state index contributed by atoms with van der Waals surface area (Å²) < 4.78 is 13.3. The molecule has 27 heavy (non-hydrogen) atoms. The van der Waals surface area contributed by atoms with Crippen molar-refractivity contribution in [3.63, 3.8) is 0 Å². The maximum atomic E-state index is 13.3. The minimum absolute atomic E-state index is 0.299. The molecule has 0 bridgehead atoms. The zero-order valence-corrected chi connectivity index (χ0v) is 15.4. The lowest BCUT2D eigenvalue weighted by molar-refractivity contribution is -0.127. The van der Waals surface area contributed by atoms with E-state index >= 15 is 0 Å². The number of halogens is 1. The number of rotatable bonds is 2. The first-order chi connectivity index (χ1) is 12.9. The molecule has 1 aromatic rings. The molecule has 2 fully saturated rings. The number of nitrogens with one attached hydrogen (secondary N) is 1. The second-order valence-electron chi connectivity index (χ2n) is 7.24. The van der Waals surface area contributed by atoms with Gasteiger partial charge in [0.2, 0.25) is 0 Å². The van der Waals surface area contributed by atoms with Crippen molar-refractivity contribution in [1.82, 2.24) is 24.9 Å². The van der Waals surface area contributed by atoms with Gasteiger partial charge in [-0.05, 0) is 24.7 Å². The van der Waals surface area contributed by atoms with E-state index in [1.165, 1.54) is 17.0 Å². The normalized spacial score (nSPS) is 26.2. The quantitative estimate of drug-likeness (QED) is 0.796. The summed E-state index contributed by atoms with van der Waals surface area (Å²) in [6, 6.07) is 5.21. The predicted molar refractivity (Wildman–Crippen MR) is 97.3 cm³/mol. The van der Waals surface area contributed by atoms with Crippen molar-refractivity contribution < 1.29 is 14.0 Å². The van der Waals surface area contributed by atoms with Gasteiger partial charge in [0, 0.05) is 39.8 Å². The molecular weight excluding hydrogens is 351 g/mol. The Morgan fingerprint density at radius 3 is 2.44 bits per heavy atom. The Balaban J connectivity index is 1.65. The van der Waals surface area contributed by atoms with Crippen molar-refractivity contribution in [2.45, 2.75) is 18.8 Å². The summed E-state index contributed by atoms with van der Waals surface area (Å²) in [4.78, 5) is 37.2. The van der Waals surface area contributed by atoms with Crippen LogP contribution in [-0.4, -0.2) is 90.0 Å². The molecule has 3 aliphatic heterocycles. The molecule has 0 saturated carbocycles. The van der Waals surface area contributed by atoms with Gasteiger partial charge in [-0.1, -0.05) is 12.1 Å². The average molecular weight is 374 g/mol. The first kappa shape index (κ1) is 17.7. The third-order valence-corrected chi connectivity index (χ3v) is 5.39. The van der Waals surface area contributed by atoms with Gasteiger partial charge in [0.25, 0.3) is 5.91 Å². The average Bonchev–Trinajstić information content (AvgIpc) is 3.02. The van der Waals surface area contributed by atoms with Gasteiger partial charge < -0.3 is 19.6 Å². The lowest BCUT2D eigenvalue weighted by Gasteiger charge is -2.39. The van der Waals surface area contributed by atoms with E-state index in [-0.39, 0.29) is 11.7 Å². The second kappa shape index (κ2) is 6.80. The van der Waals surface area contributed by atoms with Crippen LogP contribution >= 0.6 is 0 Å². The fraction of sp³-hybridized carbons (Fsp3) is 0.500. The Labute approximate surface area is 157 Å². The summed E-state index contributed by atoms with van der Waals surface area (Å²) in [6.07, 6.45) is -0.554. The zero-order valence-electron chi connectivity index (χ0n) is 15.4. The predicted octanol–water partition coefficient (Wildman–Crippen LogP) is 0.121. The number of urea groups is 1. The van der Waals surface area contributed by atoms with Gasteiger partial charge in [0.15, 0.2) is 18.2 Å². The van der Waals surface area contributed by atoms with Crippen LogP contribution < -0.4 is 5.32 Å². The molecule has 0 radical (unpaired) electrons. The Kier molecular flexibility index (Phi) is 4.47. The number of amides is 3. The molecule has 8 nitrogen and oxygen atoms in total. The van der Waals surface area contributed by atoms with E-state index in [0.29, 0.717) is 6.54 Å². The molecule has 1 aromatic carbocycles. The molecule has 3 amide bonds. The Morgan fingerprint density at radius 1 is 1.11 bits per heavy atom. The molecule has 2 saturated heterocycles. The lowest BCUT2D eigenvalue weighted by Crippen LogP contribution is -2.64. The first-order valence-corrected chi connectivity index (χ1v) is 9.04. The minimum Gasteiger partial charge on any atom is -0.340 e. The molecule has 2 unspecified atom stereocenters. The largest absolute Gasteiger partial charge is 0.340 e. The number of fused-ring (bicyclic) bond motifs is 1. The monoisotopic (exact) mass is 374 g/mol. The molecule has 144 valence electrons. The van der Waals surface area contributed by atoms with Crippen LogP contribution in [0.5, 0.6) is 0 Å². The highest BCUT2D eigenvalue weighted by molar-refractivity contribution is 6.03. The second-order valence-corrected chi connectivity index (χ2v) is 7.24. The third kappa shape index (κ3) is 3.23. The zero-order chi connectivity index (χ0) is 19.1. The molecule has 3 heterocycles. The van der Waals surface area contributed by atoms with E-state index in [1.54, 1.807) is 19.2 Å². The molecule has 9 heteroatoms. The van der Waals surface area contributed by atoms with Crippen LogP contribution in [0.25, 0.3) is 0 Å². The van der Waals surface area contributed by atoms with Gasteiger partial charge in [-0.2, -0.15) is 0 Å². The minimum atomic E-state index is -0.590. The van der Waals surface area contributed by atoms with Crippen LogP contribution in [0.3, 0.4) is 0 Å². The molecule has 3 aliphatic rings. The Bertz CT molecular complexity index is 775. The first-order valence-electron chi connectivity index (χ1n) is 9.04. The van der Waals surface area contributed by atoms with Gasteiger partial charge in [-0.3, -0.25) is 10.1 Å². The SMILES string of the molecule is CN1CCN(C2=NC3C(C(=O)NC(=O)N3C)N2Cc2ccc(F)cc2)CC1. The molecule has 1 N–H and O–H groups in total. The van der Waals surface area contributed by atoms with E-state index in [4.69, 9.17) is 4.99 Å². The number of guanidine groups is 1. The van der Waals surface area contributed by atoms with E-state index in [1.807, 2.05) is 4.90 Å². The van der Waals surface area contributed by atoms with E-state index < -0.39 is 18.2 Å². The highest BCUT2D eigenvalue weighted by Gasteiger charge is 2.49. The maximum Gasteiger partial charge on any atom is 0.325 e. The van der Waals surface area contributed by atoms with Crippen molar-refractivity contribution in [1.29, 1.82) is 0 Å². The number of piperazine rings is 1. The standard InChI is InChI=1S/C18H23FN6O2/c1-22-7-9-24(10-8-22)17-20-15-14(16(26)21-18(27)23(15)2)25(17)11-12-3-5-13(19)6-4-12/h3-6,14-15H,7-11H2,1-2H3,(H,21,26,27). The van der Waals surface area contributed by atoms with Crippen LogP contribution in [0.4, 0.5) is 9.18 Å². The van der Waals surface area contributed by atoms with Crippen LogP contribution in [-0.2, 0) is 11.3 Å². The third-order valence-electron chi connectivity index (χ3n) is 5.39. The highest BCUT2D eigenvalue weighted by atomic mass is 19.1. The van der Waals surface area contributed by atoms with Crippen molar-refractivity contribution in [2.24, 2.45) is 4.99 Å². The van der Waals surface area contributed by atoms with E-state index in [0.717, 1.165) is 37.7 Å². The topological polar surface area (TPSA) is 71.5 Å². The maximum absolute atomic E-state index is 13.3. The summed E-state index contributed by atoms with van der Waals surface area (Å²) in [5, 5.41) is 2.40. The number of carbonyl (C=O) groups excluding carboxylic acids is 2. The van der Waals surface area contributed by atoms with E-state index in [2.05, 4.69) is 22.2 Å². The Morgan fingerprint density at radius 2 is 1.78 bits per heavy atom. The molecule has 0 spiro atoms. The van der Waals surface area contributed by atoms with Crippen LogP contribution in [0.15, 0.2) is 29.3 Å². The summed E-state index contributed by atoms with van der Waals surface area (Å²) in [6.45, 7) is 3.82. The van der Waals surface area contributed by atoms with Gasteiger partial charge >= 0.3 is 6.03 Å². The van der Waals surface area contributed by atoms with Crippen LogP contribution in [0.1, 0.15) is 5.56 Å². The number of aliphatic imine (C=N–C) groups is 1. The van der Waals surface area contributed by atoms with Crippen molar-refractivity contribution >= 4 is 17.9 Å². The van der Waals surface area contributed by atoms with Crippen LogP contribution in [0.2, 0.25) is 0 Å². The number of hydrogen-bond donors (Lipinski definition) is 1. The van der Waals surface area contributed by atoms with Gasteiger partial charge in [0.1, 0.15) is 5.82 Å². The van der Waals surface area contributed by atoms with E-state index in [9.17, 15) is 14.0 Å². The molecule has 2 atom stereocenters. The van der Waals surface area contributed by atoms with Crippen molar-refractivity contribution in [3.05, 3.63) is 35.6 Å². The molecular formula is C18H23FN6O2. The van der Waals surface area contributed by atoms with Crippen molar-refractivity contribution in [3.8, 4) is 0 Å². The lowest BCUT2D eigenvalue weighted by atomic mass is 10.1. The fourth-order valence-corrected chi connectivity index (χ4v) is 3.74. The number of likely N-dealkylation sites (N-methyl/N-ethyl adjacent to an activating group) is 2.